The van der Waals surface area contributed by atoms with Crippen LogP contribution in [-0.2, 0) is 4.74 Å². The summed E-state index contributed by atoms with van der Waals surface area (Å²) in [7, 11) is 0. The molecule has 0 aliphatic heterocycles. The Balaban J connectivity index is 1.78. The van der Waals surface area contributed by atoms with E-state index >= 15 is 0 Å². The summed E-state index contributed by atoms with van der Waals surface area (Å²) in [6.07, 6.45) is 4.31. The van der Waals surface area contributed by atoms with Crippen LogP contribution >= 0.6 is 11.5 Å². The maximum Gasteiger partial charge on any atom is 0.414 e. The van der Waals surface area contributed by atoms with Gasteiger partial charge in [0.2, 0.25) is 0 Å². The minimum atomic E-state index is -0.699. The zero-order valence-corrected chi connectivity index (χ0v) is 10.0. The summed E-state index contributed by atoms with van der Waals surface area (Å²) in [6.45, 7) is 0. The highest BCUT2D eigenvalue weighted by Gasteiger charge is 2.20. The molecule has 1 aromatic rings. The molecule has 0 atom stereocenters. The number of hydrogen-bond donors (Lipinski definition) is 1. The van der Waals surface area contributed by atoms with Gasteiger partial charge in [0.25, 0.3) is 5.91 Å². The van der Waals surface area contributed by atoms with Crippen molar-refractivity contribution in [1.29, 1.82) is 0 Å². The molecular weight excluding hydrogens is 242 g/mol. The second kappa shape index (κ2) is 5.72. The van der Waals surface area contributed by atoms with Crippen molar-refractivity contribution in [2.75, 3.05) is 0 Å². The lowest BCUT2D eigenvalue weighted by molar-refractivity contribution is 0.0693. The minimum absolute atomic E-state index is 0.0647. The van der Waals surface area contributed by atoms with Crippen molar-refractivity contribution in [2.45, 2.75) is 38.2 Å². The number of carbonyl (C=O) groups is 2. The topological polar surface area (TPSA) is 81.2 Å². The molecule has 0 unspecified atom stereocenters. The molecule has 0 spiro atoms. The predicted molar refractivity (Wildman–Crippen MR) is 60.7 cm³/mol. The molecule has 0 radical (unpaired) electrons. The van der Waals surface area contributed by atoms with Crippen molar-refractivity contribution < 1.29 is 14.3 Å². The lowest BCUT2D eigenvalue weighted by Gasteiger charge is -2.21. The van der Waals surface area contributed by atoms with Gasteiger partial charge in [0.15, 0.2) is 5.69 Å². The Morgan fingerprint density at radius 2 is 2.12 bits per heavy atom. The number of rotatable bonds is 2. The number of aromatic nitrogens is 2. The van der Waals surface area contributed by atoms with E-state index in [1.165, 1.54) is 11.8 Å². The van der Waals surface area contributed by atoms with Crippen LogP contribution in [0.25, 0.3) is 0 Å². The first-order valence-corrected chi connectivity index (χ1v) is 6.38. The van der Waals surface area contributed by atoms with E-state index in [0.717, 1.165) is 37.2 Å². The molecule has 92 valence electrons. The Labute approximate surface area is 103 Å². The summed E-state index contributed by atoms with van der Waals surface area (Å²) in [4.78, 5) is 22.9. The summed E-state index contributed by atoms with van der Waals surface area (Å²) in [5.41, 5.74) is 0.135. The largest absolute Gasteiger partial charge is 0.446 e. The van der Waals surface area contributed by atoms with E-state index in [1.807, 2.05) is 0 Å². The number of nitrogens with one attached hydrogen (secondary N) is 1. The van der Waals surface area contributed by atoms with E-state index in [9.17, 15) is 9.59 Å². The molecule has 1 aromatic heterocycles. The Kier molecular flexibility index (Phi) is 4.03. The number of imide groups is 1. The van der Waals surface area contributed by atoms with Crippen LogP contribution in [0.1, 0.15) is 42.6 Å². The third-order valence-electron chi connectivity index (χ3n) is 2.63. The Morgan fingerprint density at radius 1 is 1.35 bits per heavy atom. The summed E-state index contributed by atoms with van der Waals surface area (Å²) < 4.78 is 8.69. The highest BCUT2D eigenvalue weighted by atomic mass is 32.1. The summed E-state index contributed by atoms with van der Waals surface area (Å²) in [6, 6.07) is 0. The summed E-state index contributed by atoms with van der Waals surface area (Å²) in [5.74, 6) is -0.570. The summed E-state index contributed by atoms with van der Waals surface area (Å²) in [5, 5.41) is 7.17. The number of hydrogen-bond acceptors (Lipinski definition) is 6. The van der Waals surface area contributed by atoms with E-state index in [1.54, 1.807) is 0 Å². The van der Waals surface area contributed by atoms with Gasteiger partial charge < -0.3 is 4.74 Å². The van der Waals surface area contributed by atoms with Crippen LogP contribution in [0.4, 0.5) is 4.79 Å². The highest BCUT2D eigenvalue weighted by molar-refractivity contribution is 7.03. The molecule has 1 N–H and O–H groups in total. The molecule has 0 bridgehead atoms. The normalized spacial score (nSPS) is 16.5. The third-order valence-corrected chi connectivity index (χ3v) is 3.14. The fourth-order valence-corrected chi connectivity index (χ4v) is 2.22. The van der Waals surface area contributed by atoms with Crippen LogP contribution in [0.5, 0.6) is 0 Å². The first-order chi connectivity index (χ1) is 8.25. The molecule has 0 aromatic carbocycles. The number of alkyl carbamates (subject to hydrolysis) is 1. The van der Waals surface area contributed by atoms with E-state index in [4.69, 9.17) is 4.74 Å². The van der Waals surface area contributed by atoms with Gasteiger partial charge in [0, 0.05) is 5.38 Å². The van der Waals surface area contributed by atoms with E-state index < -0.39 is 12.0 Å². The average Bonchev–Trinajstić information content (AvgIpc) is 2.83. The first-order valence-electron chi connectivity index (χ1n) is 5.55. The standard InChI is InChI=1S/C10H13N3O3S/c14-9(8-6-17-13-12-8)11-10(15)16-7-4-2-1-3-5-7/h6-7H,1-5H2,(H,11,14,15). The second-order valence-corrected chi connectivity index (χ2v) is 4.52. The smallest absolute Gasteiger partial charge is 0.414 e. The molecule has 0 saturated heterocycles. The van der Waals surface area contributed by atoms with Crippen LogP contribution in [0.15, 0.2) is 5.38 Å². The van der Waals surface area contributed by atoms with Gasteiger partial charge in [0.05, 0.1) is 0 Å². The zero-order chi connectivity index (χ0) is 12.1. The van der Waals surface area contributed by atoms with Gasteiger partial charge in [-0.1, -0.05) is 10.9 Å². The second-order valence-electron chi connectivity index (χ2n) is 3.91. The number of carbonyl (C=O) groups excluding carboxylic acids is 2. The quantitative estimate of drug-likeness (QED) is 0.870. The van der Waals surface area contributed by atoms with Crippen molar-refractivity contribution >= 4 is 23.5 Å². The van der Waals surface area contributed by atoms with Crippen LogP contribution in [0.3, 0.4) is 0 Å². The molecule has 2 amide bonds. The van der Waals surface area contributed by atoms with Gasteiger partial charge in [-0.05, 0) is 37.2 Å². The molecule has 1 aliphatic rings. The maximum absolute atomic E-state index is 11.5. The van der Waals surface area contributed by atoms with Crippen molar-refractivity contribution in [2.24, 2.45) is 0 Å². The van der Waals surface area contributed by atoms with Gasteiger partial charge in [-0.15, -0.1) is 5.10 Å². The molecule has 6 nitrogen and oxygen atoms in total. The van der Waals surface area contributed by atoms with Crippen molar-refractivity contribution in [3.63, 3.8) is 0 Å². The van der Waals surface area contributed by atoms with Crippen LogP contribution in [-0.4, -0.2) is 27.7 Å². The SMILES string of the molecule is O=C(NC(=O)c1csnn1)OC1CCCCC1. The van der Waals surface area contributed by atoms with Crippen molar-refractivity contribution in [1.82, 2.24) is 14.9 Å². The van der Waals surface area contributed by atoms with Gasteiger partial charge in [0.1, 0.15) is 6.10 Å². The van der Waals surface area contributed by atoms with Crippen LogP contribution < -0.4 is 5.32 Å². The van der Waals surface area contributed by atoms with E-state index in [-0.39, 0.29) is 11.8 Å². The zero-order valence-electron chi connectivity index (χ0n) is 9.22. The Bertz CT molecular complexity index is 388. The van der Waals surface area contributed by atoms with Crippen molar-refractivity contribution in [3.05, 3.63) is 11.1 Å². The number of ether oxygens (including phenoxy) is 1. The monoisotopic (exact) mass is 255 g/mol. The predicted octanol–water partition coefficient (Wildman–Crippen LogP) is 1.74. The Hall–Kier alpha value is -1.50. The van der Waals surface area contributed by atoms with Crippen LogP contribution in [0.2, 0.25) is 0 Å². The third kappa shape index (κ3) is 3.48. The van der Waals surface area contributed by atoms with Gasteiger partial charge >= 0.3 is 6.09 Å². The molecule has 1 heterocycles. The lowest BCUT2D eigenvalue weighted by atomic mass is 9.98. The molecule has 17 heavy (non-hydrogen) atoms. The minimum Gasteiger partial charge on any atom is -0.446 e. The number of amides is 2. The molecule has 1 fully saturated rings. The number of nitrogens with zero attached hydrogens (tertiary/aromatic N) is 2. The van der Waals surface area contributed by atoms with E-state index in [2.05, 4.69) is 14.9 Å². The average molecular weight is 255 g/mol. The molecule has 7 heteroatoms. The maximum atomic E-state index is 11.5. The Morgan fingerprint density at radius 3 is 2.76 bits per heavy atom. The van der Waals surface area contributed by atoms with Gasteiger partial charge in [-0.3, -0.25) is 10.1 Å². The van der Waals surface area contributed by atoms with Crippen LogP contribution in [0, 0.1) is 0 Å². The molecule has 1 saturated carbocycles. The molecule has 1 aliphatic carbocycles. The lowest BCUT2D eigenvalue weighted by Crippen LogP contribution is -2.34. The molecular formula is C10H13N3O3S. The van der Waals surface area contributed by atoms with Crippen molar-refractivity contribution in [3.8, 4) is 0 Å². The first kappa shape index (κ1) is 12.0. The van der Waals surface area contributed by atoms with Gasteiger partial charge in [-0.25, -0.2) is 4.79 Å². The molecule has 2 rings (SSSR count). The van der Waals surface area contributed by atoms with Gasteiger partial charge in [-0.2, -0.15) is 0 Å². The fourth-order valence-electron chi connectivity index (χ4n) is 1.78. The fraction of sp³-hybridized carbons (Fsp3) is 0.600. The summed E-state index contributed by atoms with van der Waals surface area (Å²) >= 11 is 1.06. The van der Waals surface area contributed by atoms with E-state index in [0.29, 0.717) is 0 Å². The highest BCUT2D eigenvalue weighted by Crippen LogP contribution is 2.20.